The molecule has 1 atom stereocenters. The van der Waals surface area contributed by atoms with Crippen molar-refractivity contribution >= 4 is 55.1 Å². The molecule has 3 heterocycles. The Balaban J connectivity index is 0.00000605. The number of carbonyl (C=O) groups excluding carboxylic acids is 3. The number of anilines is 1. The number of amides is 2. The van der Waals surface area contributed by atoms with Crippen LogP contribution < -0.4 is 34.5 Å². The predicted molar refractivity (Wildman–Crippen MR) is 185 cm³/mol. The summed E-state index contributed by atoms with van der Waals surface area (Å²) >= 11 is 0. The maximum absolute atomic E-state index is 12.6. The summed E-state index contributed by atoms with van der Waals surface area (Å²) in [6.45, 7) is 10.9. The summed E-state index contributed by atoms with van der Waals surface area (Å²) in [5.41, 5.74) is 3.13. The molecule has 1 fully saturated rings. The van der Waals surface area contributed by atoms with Crippen molar-refractivity contribution in [3.63, 3.8) is 0 Å². The quantitative estimate of drug-likeness (QED) is 0.100. The fourth-order valence-electron chi connectivity index (χ4n) is 7.19. The average Bonchev–Trinajstić information content (AvgIpc) is 3.58. The molecule has 0 aromatic heterocycles. The molecular formula is C36H40N3NaO10S2. The molecule has 272 valence electrons. The first-order valence-corrected chi connectivity index (χ1v) is 19.4. The summed E-state index contributed by atoms with van der Waals surface area (Å²) in [6.07, 6.45) is 9.76. The van der Waals surface area contributed by atoms with Crippen molar-refractivity contribution in [2.24, 2.45) is 0 Å². The van der Waals surface area contributed by atoms with Gasteiger partial charge in [0, 0.05) is 60.3 Å². The van der Waals surface area contributed by atoms with Crippen LogP contribution in [0.2, 0.25) is 0 Å². The van der Waals surface area contributed by atoms with Gasteiger partial charge in [0.1, 0.15) is 26.8 Å². The van der Waals surface area contributed by atoms with Crippen LogP contribution in [0, 0.1) is 0 Å². The van der Waals surface area contributed by atoms with Gasteiger partial charge in [-0.3, -0.25) is 9.59 Å². The zero-order chi connectivity index (χ0) is 37.5. The number of likely N-dealkylation sites (N-methyl/N-ethyl adjacent to an activating group) is 1. The Morgan fingerprint density at radius 1 is 0.904 bits per heavy atom. The Morgan fingerprint density at radius 3 is 2.08 bits per heavy atom. The number of allylic oxidation sites excluding steroid dienone is 6. The molecule has 5 rings (SSSR count). The Hall–Kier alpha value is -3.44. The van der Waals surface area contributed by atoms with Crippen LogP contribution in [-0.2, 0) is 50.3 Å². The Labute approximate surface area is 326 Å². The summed E-state index contributed by atoms with van der Waals surface area (Å²) in [5.74, 6) is -1.90. The van der Waals surface area contributed by atoms with Crippen molar-refractivity contribution in [3.8, 4) is 0 Å². The number of nitrogens with zero attached hydrogens (tertiary/aromatic N) is 3. The van der Waals surface area contributed by atoms with Crippen LogP contribution in [0.5, 0.6) is 0 Å². The summed E-state index contributed by atoms with van der Waals surface area (Å²) < 4.78 is 73.3. The first kappa shape index (κ1) is 41.3. The van der Waals surface area contributed by atoms with Crippen molar-refractivity contribution in [2.75, 3.05) is 18.0 Å². The standard InChI is InChI=1S/C36H41N3O10S2.Na/c1-6-37-28-17-15-24(50(43,44)45)22-26(28)35(3,4)30(37)12-9-8-10-13-31-36(5,21-11-14-34(42)49-39-32(40)19-20-33(39)41)27-23-25(51(46,47)48)16-18-29(27)38(31)7-2;/h8-10,12-13,15-18,22-23H,6-7,11,14,19-21H2,1-5H3,(H-,43,44,45,46,47,48);/q;+1/p-1. The first-order valence-electron chi connectivity index (χ1n) is 16.6. The topological polar surface area (TPSA) is 184 Å². The third-order valence-corrected chi connectivity index (χ3v) is 11.4. The third kappa shape index (κ3) is 7.91. The van der Waals surface area contributed by atoms with E-state index in [1.54, 1.807) is 12.1 Å². The second kappa shape index (κ2) is 15.5. The number of benzene rings is 2. The van der Waals surface area contributed by atoms with Crippen LogP contribution in [0.25, 0.3) is 0 Å². The van der Waals surface area contributed by atoms with E-state index in [2.05, 4.69) is 4.58 Å². The van der Waals surface area contributed by atoms with E-state index in [9.17, 15) is 40.3 Å². The molecular weight excluding hydrogens is 722 g/mol. The average molecular weight is 762 g/mol. The van der Waals surface area contributed by atoms with Crippen LogP contribution in [0.15, 0.2) is 82.3 Å². The number of imide groups is 1. The Kier molecular flexibility index (Phi) is 12.3. The number of carbonyl (C=O) groups is 3. The van der Waals surface area contributed by atoms with Gasteiger partial charge in [-0.1, -0.05) is 18.2 Å². The van der Waals surface area contributed by atoms with E-state index in [1.165, 1.54) is 24.3 Å². The number of hydroxylamine groups is 2. The van der Waals surface area contributed by atoms with Crippen LogP contribution in [0.1, 0.15) is 77.8 Å². The summed E-state index contributed by atoms with van der Waals surface area (Å²) in [4.78, 5) is 42.8. The summed E-state index contributed by atoms with van der Waals surface area (Å²) in [5, 5.41) is 0.500. The van der Waals surface area contributed by atoms with E-state index >= 15 is 0 Å². The maximum Gasteiger partial charge on any atom is 1.00 e. The van der Waals surface area contributed by atoms with Gasteiger partial charge in [-0.2, -0.15) is 4.58 Å². The largest absolute Gasteiger partial charge is 1.00 e. The molecule has 1 saturated heterocycles. The van der Waals surface area contributed by atoms with E-state index in [4.69, 9.17) is 4.84 Å². The van der Waals surface area contributed by atoms with Gasteiger partial charge in [-0.25, -0.2) is 21.6 Å². The molecule has 3 aliphatic heterocycles. The SMILES string of the molecule is CCN1C(=CC=CC=CC2=[N+](CC)c3ccc(S(=O)(=O)[O-])cc3C2(C)C)C(C)(CCCC(=O)ON2C(=O)CCC2=O)c2cc(S(=O)(=O)[O-])ccc21.[Na+]. The number of rotatable bonds is 12. The molecule has 13 nitrogen and oxygen atoms in total. The second-order valence-electron chi connectivity index (χ2n) is 13.3. The molecule has 0 N–H and O–H groups in total. The van der Waals surface area contributed by atoms with Crippen LogP contribution in [0.4, 0.5) is 11.4 Å². The van der Waals surface area contributed by atoms with E-state index in [0.717, 1.165) is 28.3 Å². The monoisotopic (exact) mass is 761 g/mol. The van der Waals surface area contributed by atoms with E-state index in [-0.39, 0.29) is 65.0 Å². The minimum Gasteiger partial charge on any atom is -0.744 e. The fraction of sp³-hybridized carbons (Fsp3) is 0.389. The first-order chi connectivity index (χ1) is 23.8. The van der Waals surface area contributed by atoms with Crippen molar-refractivity contribution in [1.29, 1.82) is 0 Å². The summed E-state index contributed by atoms with van der Waals surface area (Å²) in [6, 6.07) is 8.67. The Morgan fingerprint density at radius 2 is 1.50 bits per heavy atom. The van der Waals surface area contributed by atoms with Crippen molar-refractivity contribution < 1.29 is 79.3 Å². The van der Waals surface area contributed by atoms with Gasteiger partial charge in [-0.05, 0) is 89.4 Å². The van der Waals surface area contributed by atoms with E-state index in [0.29, 0.717) is 30.1 Å². The molecule has 0 aliphatic carbocycles. The molecule has 0 saturated carbocycles. The predicted octanol–water partition coefficient (Wildman–Crippen LogP) is 1.47. The molecule has 52 heavy (non-hydrogen) atoms. The maximum atomic E-state index is 12.6. The van der Waals surface area contributed by atoms with E-state index in [1.807, 2.05) is 69.9 Å². The van der Waals surface area contributed by atoms with Gasteiger partial charge < -0.3 is 18.8 Å². The Bertz CT molecular complexity index is 2140. The van der Waals surface area contributed by atoms with E-state index < -0.39 is 48.8 Å². The molecule has 2 aromatic carbocycles. The molecule has 0 radical (unpaired) electrons. The molecule has 0 bridgehead atoms. The van der Waals surface area contributed by atoms with Gasteiger partial charge in [-0.15, -0.1) is 5.06 Å². The van der Waals surface area contributed by atoms with Gasteiger partial charge >= 0.3 is 35.5 Å². The van der Waals surface area contributed by atoms with Crippen LogP contribution in [-0.4, -0.2) is 72.2 Å². The van der Waals surface area contributed by atoms with Gasteiger partial charge in [0.2, 0.25) is 5.69 Å². The zero-order valence-electron chi connectivity index (χ0n) is 30.0. The van der Waals surface area contributed by atoms with Gasteiger partial charge in [0.05, 0.1) is 15.2 Å². The second-order valence-corrected chi connectivity index (χ2v) is 16.1. The molecule has 2 aromatic rings. The fourth-order valence-corrected chi connectivity index (χ4v) is 8.18. The van der Waals surface area contributed by atoms with Crippen LogP contribution >= 0.6 is 0 Å². The minimum absolute atomic E-state index is 0. The van der Waals surface area contributed by atoms with Crippen molar-refractivity contribution in [1.82, 2.24) is 5.06 Å². The molecule has 2 amide bonds. The molecule has 1 unspecified atom stereocenters. The number of fused-ring (bicyclic) bond motifs is 2. The zero-order valence-corrected chi connectivity index (χ0v) is 33.7. The van der Waals surface area contributed by atoms with Crippen LogP contribution in [0.3, 0.4) is 0 Å². The van der Waals surface area contributed by atoms with Gasteiger partial charge in [0.15, 0.2) is 5.71 Å². The molecule has 16 heteroatoms. The molecule has 3 aliphatic rings. The van der Waals surface area contributed by atoms with Crippen molar-refractivity contribution in [2.45, 2.75) is 87.3 Å². The summed E-state index contributed by atoms with van der Waals surface area (Å²) in [7, 11) is -9.38. The third-order valence-electron chi connectivity index (χ3n) is 9.77. The van der Waals surface area contributed by atoms with Gasteiger partial charge in [0.25, 0.3) is 11.8 Å². The number of hydrogen-bond donors (Lipinski definition) is 0. The minimum atomic E-state index is -4.76. The number of hydrogen-bond acceptors (Lipinski definition) is 11. The van der Waals surface area contributed by atoms with Crippen molar-refractivity contribution in [3.05, 3.63) is 83.6 Å². The molecule has 0 spiro atoms. The smallest absolute Gasteiger partial charge is 0.744 e. The normalized spacial score (nSPS) is 20.7.